The third-order valence-electron chi connectivity index (χ3n) is 3.15. The van der Waals surface area contributed by atoms with Crippen LogP contribution in [-0.4, -0.2) is 22.4 Å². The lowest BCUT2D eigenvalue weighted by atomic mass is 10.2. The van der Waals surface area contributed by atoms with Gasteiger partial charge in [-0.25, -0.2) is 0 Å². The van der Waals surface area contributed by atoms with Crippen molar-refractivity contribution in [2.75, 3.05) is 18.0 Å². The number of hydrogen-bond acceptors (Lipinski definition) is 5. The van der Waals surface area contributed by atoms with E-state index in [0.29, 0.717) is 5.69 Å². The quantitative estimate of drug-likeness (QED) is 0.595. The van der Waals surface area contributed by atoms with Crippen LogP contribution >= 0.6 is 11.5 Å². The Kier molecular flexibility index (Phi) is 4.31. The normalized spacial score (nSPS) is 10.8. The maximum atomic E-state index is 11.2. The van der Waals surface area contributed by atoms with Crippen molar-refractivity contribution in [3.05, 3.63) is 28.4 Å². The Morgan fingerprint density at radius 3 is 2.84 bits per heavy atom. The van der Waals surface area contributed by atoms with Crippen molar-refractivity contribution in [2.24, 2.45) is 0 Å². The number of aromatic nitrogens is 1. The van der Waals surface area contributed by atoms with Gasteiger partial charge in [-0.15, -0.1) is 0 Å². The molecular formula is C13H17N3O2S. The lowest BCUT2D eigenvalue weighted by molar-refractivity contribution is -0.384. The Bertz CT molecular complexity index is 582. The van der Waals surface area contributed by atoms with Gasteiger partial charge in [0.05, 0.1) is 9.62 Å². The molecule has 102 valence electrons. The van der Waals surface area contributed by atoms with Crippen molar-refractivity contribution in [1.29, 1.82) is 0 Å². The van der Waals surface area contributed by atoms with Crippen LogP contribution in [0.15, 0.2) is 18.3 Å². The molecule has 6 heteroatoms. The number of fused-ring (bicyclic) bond motifs is 1. The molecule has 0 saturated heterocycles. The number of unbranched alkanes of at least 4 members (excludes halogenated alkanes) is 1. The molecule has 0 aliphatic carbocycles. The molecule has 0 spiro atoms. The Labute approximate surface area is 116 Å². The van der Waals surface area contributed by atoms with Crippen LogP contribution in [0, 0.1) is 10.1 Å². The molecule has 5 nitrogen and oxygen atoms in total. The van der Waals surface area contributed by atoms with E-state index in [0.717, 1.165) is 36.0 Å². The summed E-state index contributed by atoms with van der Waals surface area (Å²) in [6.07, 6.45) is 3.79. The van der Waals surface area contributed by atoms with Gasteiger partial charge in [0, 0.05) is 30.7 Å². The lowest BCUT2D eigenvalue weighted by Crippen LogP contribution is -2.24. The van der Waals surface area contributed by atoms with E-state index in [1.165, 1.54) is 11.5 Å². The van der Waals surface area contributed by atoms with Crippen LogP contribution in [0.2, 0.25) is 0 Å². The fourth-order valence-electron chi connectivity index (χ4n) is 2.09. The second-order valence-electron chi connectivity index (χ2n) is 4.39. The van der Waals surface area contributed by atoms with Crippen molar-refractivity contribution >= 4 is 33.0 Å². The molecule has 0 saturated carbocycles. The molecule has 2 rings (SSSR count). The molecular weight excluding hydrogens is 262 g/mol. The Balaban J connectivity index is 2.48. The molecule has 0 amide bonds. The molecule has 2 aromatic rings. The van der Waals surface area contributed by atoms with Gasteiger partial charge in [0.15, 0.2) is 0 Å². The molecule has 0 bridgehead atoms. The summed E-state index contributed by atoms with van der Waals surface area (Å²) in [5.74, 6) is 0. The van der Waals surface area contributed by atoms with Crippen LogP contribution in [0.1, 0.15) is 26.7 Å². The topological polar surface area (TPSA) is 59.3 Å². The van der Waals surface area contributed by atoms with Crippen molar-refractivity contribution in [3.8, 4) is 0 Å². The number of anilines is 1. The van der Waals surface area contributed by atoms with Gasteiger partial charge in [0.25, 0.3) is 5.69 Å². The first-order valence-electron chi connectivity index (χ1n) is 6.45. The standard InChI is InChI=1S/C13H17N3O2S/c1-3-5-6-15(4-2)11-8-13-10(9-14-19-13)7-12(11)16(17)18/h7-9H,3-6H2,1-2H3. The van der Waals surface area contributed by atoms with E-state index in [1.807, 2.05) is 13.0 Å². The molecule has 1 aromatic carbocycles. The fraction of sp³-hybridized carbons (Fsp3) is 0.462. The fourth-order valence-corrected chi connectivity index (χ4v) is 2.75. The average Bonchev–Trinajstić information content (AvgIpc) is 2.85. The van der Waals surface area contributed by atoms with Gasteiger partial charge < -0.3 is 4.90 Å². The van der Waals surface area contributed by atoms with E-state index in [2.05, 4.69) is 16.2 Å². The van der Waals surface area contributed by atoms with Gasteiger partial charge in [-0.05, 0) is 30.9 Å². The highest BCUT2D eigenvalue weighted by Gasteiger charge is 2.20. The van der Waals surface area contributed by atoms with Crippen LogP contribution in [-0.2, 0) is 0 Å². The number of nitro benzene ring substituents is 1. The summed E-state index contributed by atoms with van der Waals surface area (Å²) in [7, 11) is 0. The van der Waals surface area contributed by atoms with E-state index in [9.17, 15) is 10.1 Å². The smallest absolute Gasteiger partial charge is 0.293 e. The number of benzene rings is 1. The first-order valence-corrected chi connectivity index (χ1v) is 7.22. The second-order valence-corrected chi connectivity index (χ2v) is 5.23. The summed E-state index contributed by atoms with van der Waals surface area (Å²) in [6.45, 7) is 5.76. The zero-order chi connectivity index (χ0) is 13.8. The third-order valence-corrected chi connectivity index (χ3v) is 3.91. The van der Waals surface area contributed by atoms with Crippen LogP contribution in [0.3, 0.4) is 0 Å². The molecule has 0 fully saturated rings. The second kappa shape index (κ2) is 5.97. The number of nitrogens with zero attached hydrogens (tertiary/aromatic N) is 3. The molecule has 0 unspecified atom stereocenters. The van der Waals surface area contributed by atoms with E-state index < -0.39 is 0 Å². The monoisotopic (exact) mass is 279 g/mol. The summed E-state index contributed by atoms with van der Waals surface area (Å²) in [5, 5.41) is 12.1. The van der Waals surface area contributed by atoms with Crippen molar-refractivity contribution in [2.45, 2.75) is 26.7 Å². The Morgan fingerprint density at radius 2 is 2.21 bits per heavy atom. The number of nitro groups is 1. The summed E-state index contributed by atoms with van der Waals surface area (Å²) in [4.78, 5) is 13.0. The summed E-state index contributed by atoms with van der Waals surface area (Å²) in [5.41, 5.74) is 0.878. The molecule has 0 atom stereocenters. The molecule has 0 radical (unpaired) electrons. The van der Waals surface area contributed by atoms with Gasteiger partial charge in [-0.2, -0.15) is 4.37 Å². The van der Waals surface area contributed by atoms with E-state index in [4.69, 9.17) is 0 Å². The summed E-state index contributed by atoms with van der Waals surface area (Å²) < 4.78 is 5.09. The van der Waals surface area contributed by atoms with Crippen LogP contribution < -0.4 is 4.90 Å². The Hall–Kier alpha value is -1.69. The minimum absolute atomic E-state index is 0.172. The van der Waals surface area contributed by atoms with Gasteiger partial charge >= 0.3 is 0 Å². The van der Waals surface area contributed by atoms with Gasteiger partial charge in [-0.1, -0.05) is 13.3 Å². The predicted octanol–water partition coefficient (Wildman–Crippen LogP) is 3.83. The van der Waals surface area contributed by atoms with Crippen LogP contribution in [0.5, 0.6) is 0 Å². The molecule has 0 aliphatic heterocycles. The van der Waals surface area contributed by atoms with Crippen LogP contribution in [0.4, 0.5) is 11.4 Å². The summed E-state index contributed by atoms with van der Waals surface area (Å²) >= 11 is 1.37. The average molecular weight is 279 g/mol. The van der Waals surface area contributed by atoms with Gasteiger partial charge in [0.1, 0.15) is 5.69 Å². The highest BCUT2D eigenvalue weighted by Crippen LogP contribution is 2.34. The molecule has 0 aliphatic rings. The van der Waals surface area contributed by atoms with Crippen molar-refractivity contribution in [3.63, 3.8) is 0 Å². The third kappa shape index (κ3) is 2.84. The van der Waals surface area contributed by atoms with Crippen molar-refractivity contribution < 1.29 is 4.92 Å². The number of hydrogen-bond donors (Lipinski definition) is 0. The first-order chi connectivity index (χ1) is 9.17. The highest BCUT2D eigenvalue weighted by molar-refractivity contribution is 7.13. The maximum Gasteiger partial charge on any atom is 0.293 e. The van der Waals surface area contributed by atoms with E-state index in [-0.39, 0.29) is 10.6 Å². The highest BCUT2D eigenvalue weighted by atomic mass is 32.1. The molecule has 1 aromatic heterocycles. The maximum absolute atomic E-state index is 11.2. The zero-order valence-electron chi connectivity index (χ0n) is 11.1. The molecule has 1 heterocycles. The predicted molar refractivity (Wildman–Crippen MR) is 79.1 cm³/mol. The largest absolute Gasteiger partial charge is 0.366 e. The minimum atomic E-state index is -0.305. The van der Waals surface area contributed by atoms with E-state index >= 15 is 0 Å². The zero-order valence-corrected chi connectivity index (χ0v) is 11.9. The van der Waals surface area contributed by atoms with E-state index in [1.54, 1.807) is 12.3 Å². The minimum Gasteiger partial charge on any atom is -0.366 e. The van der Waals surface area contributed by atoms with Crippen LogP contribution in [0.25, 0.3) is 10.1 Å². The van der Waals surface area contributed by atoms with Crippen molar-refractivity contribution in [1.82, 2.24) is 4.37 Å². The Morgan fingerprint density at radius 1 is 1.42 bits per heavy atom. The molecule has 19 heavy (non-hydrogen) atoms. The van der Waals surface area contributed by atoms with Gasteiger partial charge in [0.2, 0.25) is 0 Å². The number of rotatable bonds is 6. The lowest BCUT2D eigenvalue weighted by Gasteiger charge is -2.22. The first kappa shape index (κ1) is 13.7. The van der Waals surface area contributed by atoms with Gasteiger partial charge in [-0.3, -0.25) is 10.1 Å². The molecule has 0 N–H and O–H groups in total. The SMILES string of the molecule is CCCCN(CC)c1cc2sncc2cc1[N+](=O)[O-]. The summed E-state index contributed by atoms with van der Waals surface area (Å²) in [6, 6.07) is 3.52.